The number of carbonyl (C=O) groups excluding carboxylic acids is 2. The van der Waals surface area contributed by atoms with Crippen molar-refractivity contribution in [3.8, 4) is 0 Å². The molecule has 0 aliphatic rings. The van der Waals surface area contributed by atoms with E-state index in [1.54, 1.807) is 0 Å². The van der Waals surface area contributed by atoms with E-state index in [9.17, 15) is 4.79 Å². The number of Topliss-reactive ketones (excluding diaryl/α,β-unsaturated/α-hetero) is 1. The van der Waals surface area contributed by atoms with Crippen LogP contribution in [0.25, 0.3) is 0 Å². The van der Waals surface area contributed by atoms with Crippen molar-refractivity contribution in [2.45, 2.75) is 40.5 Å². The summed E-state index contributed by atoms with van der Waals surface area (Å²) in [5.41, 5.74) is 0. The summed E-state index contributed by atoms with van der Waals surface area (Å²) in [6.07, 6.45) is 1.50. The third-order valence-corrected chi connectivity index (χ3v) is 1.27. The normalized spacial score (nSPS) is 9.50. The molecular formula is C10H20O2. The van der Waals surface area contributed by atoms with Gasteiger partial charge in [0.15, 0.2) is 0 Å². The molecule has 0 N–H and O–H groups in total. The molecule has 12 heavy (non-hydrogen) atoms. The Morgan fingerprint density at radius 3 is 1.42 bits per heavy atom. The van der Waals surface area contributed by atoms with E-state index in [4.69, 9.17) is 4.79 Å². The molecule has 0 saturated carbocycles. The molecule has 0 rings (SSSR count). The lowest BCUT2D eigenvalue weighted by Gasteiger charge is -2.05. The lowest BCUT2D eigenvalue weighted by Crippen LogP contribution is -2.05. The minimum Gasteiger partial charge on any atom is -0.307 e. The lowest BCUT2D eigenvalue weighted by atomic mass is 10.00. The second-order valence-corrected chi connectivity index (χ2v) is 3.73. The van der Waals surface area contributed by atoms with Gasteiger partial charge in [0.2, 0.25) is 0 Å². The van der Waals surface area contributed by atoms with E-state index in [-0.39, 0.29) is 0 Å². The van der Waals surface area contributed by atoms with E-state index in [0.29, 0.717) is 17.6 Å². The zero-order chi connectivity index (χ0) is 10.1. The fourth-order valence-electron chi connectivity index (χ4n) is 0.994. The summed E-state index contributed by atoms with van der Waals surface area (Å²) in [6.45, 7) is 10.3. The van der Waals surface area contributed by atoms with Crippen LogP contribution in [-0.2, 0) is 9.59 Å². The number of hydrogen-bond donors (Lipinski definition) is 0. The topological polar surface area (TPSA) is 34.1 Å². The number of rotatable bonds is 4. The summed E-state index contributed by atoms with van der Waals surface area (Å²) >= 11 is 0. The molecule has 0 saturated heterocycles. The van der Waals surface area contributed by atoms with E-state index in [0.717, 1.165) is 12.8 Å². The molecule has 0 aromatic heterocycles. The molecule has 0 unspecified atom stereocenters. The van der Waals surface area contributed by atoms with Gasteiger partial charge in [-0.2, -0.15) is 0 Å². The van der Waals surface area contributed by atoms with Gasteiger partial charge in [0.05, 0.1) is 0 Å². The summed E-state index contributed by atoms with van der Waals surface area (Å²) in [5, 5.41) is 0. The van der Waals surface area contributed by atoms with Gasteiger partial charge < -0.3 is 4.79 Å². The first-order valence-electron chi connectivity index (χ1n) is 4.33. The summed E-state index contributed by atoms with van der Waals surface area (Å²) in [4.78, 5) is 19.1. The fourth-order valence-corrected chi connectivity index (χ4v) is 0.994. The van der Waals surface area contributed by atoms with Crippen LogP contribution in [0.2, 0.25) is 0 Å². The molecule has 0 spiro atoms. The molecule has 0 aromatic carbocycles. The SMILES string of the molecule is C=O.CC(C)CC(=O)CC(C)C. The Balaban J connectivity index is 0. The Labute approximate surface area is 75.4 Å². The van der Waals surface area contributed by atoms with Gasteiger partial charge in [-0.3, -0.25) is 4.79 Å². The second kappa shape index (κ2) is 8.44. The van der Waals surface area contributed by atoms with Crippen LogP contribution < -0.4 is 0 Å². The van der Waals surface area contributed by atoms with Crippen LogP contribution in [0.4, 0.5) is 0 Å². The number of carbonyl (C=O) groups is 2. The fraction of sp³-hybridized carbons (Fsp3) is 0.800. The van der Waals surface area contributed by atoms with Gasteiger partial charge in [-0.1, -0.05) is 27.7 Å². The predicted molar refractivity (Wildman–Crippen MR) is 51.0 cm³/mol. The van der Waals surface area contributed by atoms with Crippen LogP contribution in [0.3, 0.4) is 0 Å². The molecule has 0 heterocycles. The zero-order valence-electron chi connectivity index (χ0n) is 8.59. The van der Waals surface area contributed by atoms with Crippen molar-refractivity contribution in [2.24, 2.45) is 11.8 Å². The highest BCUT2D eigenvalue weighted by atomic mass is 16.1. The minimum absolute atomic E-state index is 0.407. The van der Waals surface area contributed by atoms with Crippen molar-refractivity contribution in [1.82, 2.24) is 0 Å². The number of hydrogen-bond acceptors (Lipinski definition) is 2. The van der Waals surface area contributed by atoms with Crippen LogP contribution >= 0.6 is 0 Å². The Bertz CT molecular complexity index is 105. The first kappa shape index (κ1) is 13.9. The van der Waals surface area contributed by atoms with Crippen molar-refractivity contribution < 1.29 is 9.59 Å². The van der Waals surface area contributed by atoms with E-state index >= 15 is 0 Å². The standard InChI is InChI=1S/C9H18O.CH2O/c1-7(2)5-9(10)6-8(3)4;1-2/h7-8H,5-6H2,1-4H3;1H2. The van der Waals surface area contributed by atoms with E-state index in [1.165, 1.54) is 0 Å². The minimum atomic E-state index is 0.407. The third kappa shape index (κ3) is 12.1. The van der Waals surface area contributed by atoms with Crippen LogP contribution in [0, 0.1) is 11.8 Å². The highest BCUT2D eigenvalue weighted by molar-refractivity contribution is 5.78. The molecule has 0 bridgehead atoms. The molecule has 0 aromatic rings. The summed E-state index contributed by atoms with van der Waals surface area (Å²) in [5.74, 6) is 1.45. The van der Waals surface area contributed by atoms with Crippen LogP contribution in [0.1, 0.15) is 40.5 Å². The molecule has 0 fully saturated rings. The van der Waals surface area contributed by atoms with Gasteiger partial charge in [-0.05, 0) is 11.8 Å². The smallest absolute Gasteiger partial charge is 0.133 e. The van der Waals surface area contributed by atoms with E-state index in [1.807, 2.05) is 6.79 Å². The van der Waals surface area contributed by atoms with Crippen LogP contribution in [0.5, 0.6) is 0 Å². The summed E-state index contributed by atoms with van der Waals surface area (Å²) in [7, 11) is 0. The average molecular weight is 172 g/mol. The molecule has 0 aliphatic heterocycles. The van der Waals surface area contributed by atoms with Crippen molar-refractivity contribution in [3.63, 3.8) is 0 Å². The molecule has 72 valence electrons. The predicted octanol–water partition coefficient (Wildman–Crippen LogP) is 2.46. The molecule has 0 aliphatic carbocycles. The summed E-state index contributed by atoms with van der Waals surface area (Å²) < 4.78 is 0. The molecule has 0 radical (unpaired) electrons. The Morgan fingerprint density at radius 2 is 1.25 bits per heavy atom. The van der Waals surface area contributed by atoms with Gasteiger partial charge >= 0.3 is 0 Å². The van der Waals surface area contributed by atoms with Crippen LogP contribution in [-0.4, -0.2) is 12.6 Å². The maximum Gasteiger partial charge on any atom is 0.133 e. The van der Waals surface area contributed by atoms with Gasteiger partial charge in [-0.25, -0.2) is 0 Å². The van der Waals surface area contributed by atoms with E-state index < -0.39 is 0 Å². The number of ketones is 1. The van der Waals surface area contributed by atoms with Crippen molar-refractivity contribution >= 4 is 12.6 Å². The molecule has 2 heteroatoms. The largest absolute Gasteiger partial charge is 0.307 e. The first-order valence-corrected chi connectivity index (χ1v) is 4.33. The molecular weight excluding hydrogens is 152 g/mol. The highest BCUT2D eigenvalue weighted by Crippen LogP contribution is 2.07. The Kier molecular flexibility index (Phi) is 9.77. The van der Waals surface area contributed by atoms with Gasteiger partial charge in [0.1, 0.15) is 12.6 Å². The molecule has 2 nitrogen and oxygen atoms in total. The van der Waals surface area contributed by atoms with Gasteiger partial charge in [0, 0.05) is 12.8 Å². The summed E-state index contributed by atoms with van der Waals surface area (Å²) in [6, 6.07) is 0. The zero-order valence-corrected chi connectivity index (χ0v) is 8.59. The van der Waals surface area contributed by atoms with Crippen molar-refractivity contribution in [2.75, 3.05) is 0 Å². The first-order chi connectivity index (χ1) is 5.52. The Morgan fingerprint density at radius 1 is 1.00 bits per heavy atom. The lowest BCUT2D eigenvalue weighted by molar-refractivity contribution is -0.120. The maximum absolute atomic E-state index is 11.1. The Hall–Kier alpha value is -0.660. The maximum atomic E-state index is 11.1. The van der Waals surface area contributed by atoms with Gasteiger partial charge in [-0.15, -0.1) is 0 Å². The van der Waals surface area contributed by atoms with Gasteiger partial charge in [0.25, 0.3) is 0 Å². The third-order valence-electron chi connectivity index (χ3n) is 1.27. The quantitative estimate of drug-likeness (QED) is 0.652. The average Bonchev–Trinajstić information content (AvgIpc) is 1.87. The van der Waals surface area contributed by atoms with Crippen molar-refractivity contribution in [1.29, 1.82) is 0 Å². The molecule has 0 amide bonds. The monoisotopic (exact) mass is 172 g/mol. The highest BCUT2D eigenvalue weighted by Gasteiger charge is 2.06. The molecule has 0 atom stereocenters. The second-order valence-electron chi connectivity index (χ2n) is 3.73. The van der Waals surface area contributed by atoms with Crippen molar-refractivity contribution in [3.05, 3.63) is 0 Å². The van der Waals surface area contributed by atoms with Crippen LogP contribution in [0.15, 0.2) is 0 Å². The van der Waals surface area contributed by atoms with E-state index in [2.05, 4.69) is 27.7 Å².